The van der Waals surface area contributed by atoms with E-state index < -0.39 is 17.3 Å². The Balaban J connectivity index is 0.00000205. The van der Waals surface area contributed by atoms with E-state index in [1.165, 1.54) is 43.1 Å². The Labute approximate surface area is 232 Å². The monoisotopic (exact) mass is 558 g/mol. The molecule has 0 saturated heterocycles. The van der Waals surface area contributed by atoms with Gasteiger partial charge in [0.15, 0.2) is 17.2 Å². The smallest absolute Gasteiger partial charge is 0.259 e. The number of ether oxygens (including phenoxy) is 2. The van der Waals surface area contributed by atoms with Crippen molar-refractivity contribution in [3.05, 3.63) is 63.5 Å². The summed E-state index contributed by atoms with van der Waals surface area (Å²) in [5, 5.41) is 5.90. The highest BCUT2D eigenvalue weighted by Crippen LogP contribution is 2.41. The lowest BCUT2D eigenvalue weighted by atomic mass is 10.1. The summed E-state index contributed by atoms with van der Waals surface area (Å²) in [7, 11) is 4.74. The molecule has 2 aromatic heterocycles. The lowest BCUT2D eigenvalue weighted by molar-refractivity contribution is 0.0948. The summed E-state index contributed by atoms with van der Waals surface area (Å²) in [6.45, 7) is 7.34. The first-order chi connectivity index (χ1) is 18.7. The van der Waals surface area contributed by atoms with Crippen LogP contribution in [-0.2, 0) is 7.05 Å². The minimum Gasteiger partial charge on any atom is -0.491 e. The molecule has 0 bridgehead atoms. The molecule has 0 atom stereocenters. The zero-order valence-corrected chi connectivity index (χ0v) is 24.0. The SMILES string of the molecule is CC.CNSNc1cncc(Oc2c(C(=O)NC3CC3)c(Nc3ccc(C)cc3F)n(C)c(=O)c2C)c1OC. The Morgan fingerprint density at radius 1 is 1.15 bits per heavy atom. The standard InChI is InChI=1S/C25H29FN6O4S.C2H6/c1-13-6-9-17(16(26)10-13)30-23-20(24(33)29-15-7-8-15)21(14(2)25(34)32(23)4)36-19-12-28-11-18(22(19)35-5)31-37-27-3;1-2/h6,9-12,15,27,30-31H,7-8H2,1-5H3,(H,29,33);1-2H3. The van der Waals surface area contributed by atoms with Crippen LogP contribution in [0.5, 0.6) is 17.2 Å². The number of aryl methyl sites for hydroxylation is 1. The van der Waals surface area contributed by atoms with E-state index in [1.54, 1.807) is 39.2 Å². The molecule has 1 amide bonds. The van der Waals surface area contributed by atoms with Crippen LogP contribution in [0.4, 0.5) is 21.6 Å². The maximum absolute atomic E-state index is 14.8. The van der Waals surface area contributed by atoms with Gasteiger partial charge in [-0.05, 0) is 51.4 Å². The minimum absolute atomic E-state index is 0.0230. The third-order valence-electron chi connectivity index (χ3n) is 5.83. The first-order valence-electron chi connectivity index (χ1n) is 12.6. The molecule has 3 aromatic rings. The number of aromatic nitrogens is 2. The minimum atomic E-state index is -0.518. The molecule has 1 saturated carbocycles. The van der Waals surface area contributed by atoms with Gasteiger partial charge < -0.3 is 24.8 Å². The Morgan fingerprint density at radius 2 is 1.87 bits per heavy atom. The second kappa shape index (κ2) is 13.3. The van der Waals surface area contributed by atoms with Crippen LogP contribution in [0.1, 0.15) is 48.2 Å². The van der Waals surface area contributed by atoms with Crippen molar-refractivity contribution in [2.75, 3.05) is 24.2 Å². The quantitative estimate of drug-likeness (QED) is 0.249. The summed E-state index contributed by atoms with van der Waals surface area (Å²) in [6.07, 6.45) is 4.70. The fraction of sp³-hybridized carbons (Fsp3) is 0.370. The van der Waals surface area contributed by atoms with Crippen LogP contribution in [0.25, 0.3) is 0 Å². The second-order valence-corrected chi connectivity index (χ2v) is 9.44. The predicted molar refractivity (Wildman–Crippen MR) is 154 cm³/mol. The van der Waals surface area contributed by atoms with Gasteiger partial charge in [0.2, 0.25) is 0 Å². The van der Waals surface area contributed by atoms with Crippen molar-refractivity contribution >= 4 is 35.2 Å². The highest BCUT2D eigenvalue weighted by Gasteiger charge is 2.31. The predicted octanol–water partition coefficient (Wildman–Crippen LogP) is 5.19. The highest BCUT2D eigenvalue weighted by atomic mass is 32.2. The molecular formula is C27H35FN6O4S. The zero-order valence-electron chi connectivity index (χ0n) is 23.2. The number of amides is 1. The number of pyridine rings is 2. The Kier molecular flexibility index (Phi) is 10.2. The van der Waals surface area contributed by atoms with E-state index in [0.717, 1.165) is 18.4 Å². The molecule has 0 spiro atoms. The van der Waals surface area contributed by atoms with E-state index in [1.807, 2.05) is 13.8 Å². The number of benzene rings is 1. The van der Waals surface area contributed by atoms with E-state index in [9.17, 15) is 14.0 Å². The third-order valence-corrected chi connectivity index (χ3v) is 6.35. The maximum Gasteiger partial charge on any atom is 0.259 e. The molecule has 210 valence electrons. The Morgan fingerprint density at radius 3 is 2.49 bits per heavy atom. The van der Waals surface area contributed by atoms with Crippen molar-refractivity contribution in [1.29, 1.82) is 0 Å². The summed E-state index contributed by atoms with van der Waals surface area (Å²) in [4.78, 5) is 31.0. The van der Waals surface area contributed by atoms with Gasteiger partial charge in [-0.15, -0.1) is 0 Å². The van der Waals surface area contributed by atoms with Gasteiger partial charge in [0.25, 0.3) is 11.5 Å². The molecule has 10 nitrogen and oxygen atoms in total. The van der Waals surface area contributed by atoms with E-state index in [-0.39, 0.29) is 40.2 Å². The molecule has 0 aliphatic heterocycles. The normalized spacial score (nSPS) is 12.2. The average molecular weight is 559 g/mol. The number of hydrogen-bond acceptors (Lipinski definition) is 9. The van der Waals surface area contributed by atoms with Gasteiger partial charge in [0.1, 0.15) is 22.9 Å². The maximum atomic E-state index is 14.8. The van der Waals surface area contributed by atoms with Crippen LogP contribution in [0.2, 0.25) is 0 Å². The van der Waals surface area contributed by atoms with Crippen molar-refractivity contribution in [3.8, 4) is 17.2 Å². The van der Waals surface area contributed by atoms with Crippen LogP contribution in [0, 0.1) is 19.7 Å². The van der Waals surface area contributed by atoms with Crippen molar-refractivity contribution in [2.45, 2.75) is 46.6 Å². The molecule has 2 heterocycles. The lowest BCUT2D eigenvalue weighted by Crippen LogP contribution is -2.31. The first-order valence-corrected chi connectivity index (χ1v) is 13.4. The van der Waals surface area contributed by atoms with Crippen molar-refractivity contribution in [3.63, 3.8) is 0 Å². The van der Waals surface area contributed by atoms with E-state index in [2.05, 4.69) is 25.1 Å². The molecule has 1 aliphatic carbocycles. The van der Waals surface area contributed by atoms with Crippen LogP contribution in [-0.4, -0.2) is 35.7 Å². The third kappa shape index (κ3) is 6.82. The molecule has 1 fully saturated rings. The fourth-order valence-electron chi connectivity index (χ4n) is 3.73. The van der Waals surface area contributed by atoms with Gasteiger partial charge in [-0.2, -0.15) is 0 Å². The van der Waals surface area contributed by atoms with Crippen LogP contribution in [0.15, 0.2) is 35.4 Å². The number of halogens is 1. The Bertz CT molecular complexity index is 1390. The van der Waals surface area contributed by atoms with Gasteiger partial charge in [-0.3, -0.25) is 19.1 Å². The van der Waals surface area contributed by atoms with Gasteiger partial charge in [-0.25, -0.2) is 9.11 Å². The topological polar surface area (TPSA) is 119 Å². The van der Waals surface area contributed by atoms with E-state index in [0.29, 0.717) is 11.4 Å². The molecule has 4 N–H and O–H groups in total. The molecule has 1 aromatic carbocycles. The lowest BCUT2D eigenvalue weighted by Gasteiger charge is -2.22. The van der Waals surface area contributed by atoms with E-state index >= 15 is 0 Å². The number of carbonyl (C=O) groups excluding carboxylic acids is 1. The van der Waals surface area contributed by atoms with Crippen molar-refractivity contribution < 1.29 is 18.7 Å². The largest absolute Gasteiger partial charge is 0.491 e. The molecule has 4 rings (SSSR count). The summed E-state index contributed by atoms with van der Waals surface area (Å²) in [5.41, 5.74) is 1.22. The number of carbonyl (C=O) groups is 1. The molecule has 0 radical (unpaired) electrons. The first kappa shape index (κ1) is 29.8. The van der Waals surface area contributed by atoms with Gasteiger partial charge in [0.05, 0.1) is 30.8 Å². The molecule has 12 heteroatoms. The molecule has 0 unspecified atom stereocenters. The van der Waals surface area contributed by atoms with Gasteiger partial charge in [0, 0.05) is 25.2 Å². The summed E-state index contributed by atoms with van der Waals surface area (Å²) >= 11 is 1.20. The average Bonchev–Trinajstić information content (AvgIpc) is 3.75. The summed E-state index contributed by atoms with van der Waals surface area (Å²) < 4.78 is 33.7. The van der Waals surface area contributed by atoms with Crippen LogP contribution < -0.4 is 35.1 Å². The fourth-order valence-corrected chi connectivity index (χ4v) is 4.09. The number of nitrogens with one attached hydrogen (secondary N) is 4. The van der Waals surface area contributed by atoms with Crippen LogP contribution in [0.3, 0.4) is 0 Å². The summed E-state index contributed by atoms with van der Waals surface area (Å²) in [6, 6.07) is 4.69. The number of rotatable bonds is 10. The number of nitrogens with zero attached hydrogens (tertiary/aromatic N) is 2. The molecule has 39 heavy (non-hydrogen) atoms. The molecule has 1 aliphatic rings. The number of anilines is 3. The number of methoxy groups -OCH3 is 1. The molecular weight excluding hydrogens is 523 g/mol. The van der Waals surface area contributed by atoms with Crippen molar-refractivity contribution in [2.24, 2.45) is 7.05 Å². The van der Waals surface area contributed by atoms with Crippen molar-refractivity contribution in [1.82, 2.24) is 19.6 Å². The highest BCUT2D eigenvalue weighted by molar-refractivity contribution is 7.98. The second-order valence-electron chi connectivity index (χ2n) is 8.63. The Hall–Kier alpha value is -3.77. The zero-order chi connectivity index (χ0) is 28.7. The van der Waals surface area contributed by atoms with E-state index in [4.69, 9.17) is 9.47 Å². The summed E-state index contributed by atoms with van der Waals surface area (Å²) in [5.74, 6) is -0.332. The van der Waals surface area contributed by atoms with Crippen LogP contribution >= 0.6 is 12.1 Å². The van der Waals surface area contributed by atoms with Gasteiger partial charge in [-0.1, -0.05) is 19.9 Å². The number of hydrogen-bond donors (Lipinski definition) is 4. The van der Waals surface area contributed by atoms with Gasteiger partial charge >= 0.3 is 0 Å².